The topological polar surface area (TPSA) is 82.0 Å². The SMILES string of the molecule is Cc1ccccc1CSc1cc(C(N)=O)c(N)cn1. The fraction of sp³-hybridized carbons (Fsp3) is 0.143. The van der Waals surface area contributed by atoms with E-state index in [4.69, 9.17) is 11.5 Å². The molecule has 0 radical (unpaired) electrons. The van der Waals surface area contributed by atoms with E-state index in [9.17, 15) is 4.79 Å². The summed E-state index contributed by atoms with van der Waals surface area (Å²) in [4.78, 5) is 15.4. The molecule has 0 aliphatic carbocycles. The number of hydrogen-bond donors (Lipinski definition) is 2. The predicted octanol–water partition coefficient (Wildman–Crippen LogP) is 2.36. The van der Waals surface area contributed by atoms with Crippen LogP contribution < -0.4 is 11.5 Å². The van der Waals surface area contributed by atoms with Crippen LogP contribution in [0.2, 0.25) is 0 Å². The van der Waals surface area contributed by atoms with Gasteiger partial charge in [-0.25, -0.2) is 4.98 Å². The van der Waals surface area contributed by atoms with Crippen LogP contribution in [0, 0.1) is 6.92 Å². The number of anilines is 1. The third-order valence-electron chi connectivity index (χ3n) is 2.81. The summed E-state index contributed by atoms with van der Waals surface area (Å²) in [5.41, 5.74) is 14.0. The smallest absolute Gasteiger partial charge is 0.250 e. The van der Waals surface area contributed by atoms with E-state index in [0.717, 1.165) is 10.8 Å². The number of aromatic nitrogens is 1. The second kappa shape index (κ2) is 5.75. The normalized spacial score (nSPS) is 10.4. The first kappa shape index (κ1) is 13.4. The first-order valence-electron chi connectivity index (χ1n) is 5.80. The van der Waals surface area contributed by atoms with Crippen LogP contribution in [0.1, 0.15) is 21.5 Å². The number of rotatable bonds is 4. The molecule has 1 amide bonds. The third-order valence-corrected chi connectivity index (χ3v) is 3.79. The van der Waals surface area contributed by atoms with Crippen LogP contribution in [0.3, 0.4) is 0 Å². The van der Waals surface area contributed by atoms with Crippen molar-refractivity contribution in [1.82, 2.24) is 4.98 Å². The molecule has 1 aromatic carbocycles. The molecular formula is C14H15N3OS. The number of nitrogens with zero attached hydrogens (tertiary/aromatic N) is 1. The average Bonchev–Trinajstić information content (AvgIpc) is 2.39. The zero-order valence-electron chi connectivity index (χ0n) is 10.6. The first-order valence-corrected chi connectivity index (χ1v) is 6.79. The van der Waals surface area contributed by atoms with E-state index in [2.05, 4.69) is 24.0 Å². The van der Waals surface area contributed by atoms with Crippen LogP contribution in [0.5, 0.6) is 0 Å². The number of amides is 1. The molecule has 4 N–H and O–H groups in total. The number of nitrogen functional groups attached to an aromatic ring is 1. The summed E-state index contributed by atoms with van der Waals surface area (Å²) in [5, 5.41) is 0.742. The fourth-order valence-corrected chi connectivity index (χ4v) is 2.62. The van der Waals surface area contributed by atoms with E-state index in [1.165, 1.54) is 17.3 Å². The molecule has 98 valence electrons. The highest BCUT2D eigenvalue weighted by molar-refractivity contribution is 7.98. The van der Waals surface area contributed by atoms with Gasteiger partial charge in [-0.15, -0.1) is 11.8 Å². The molecular weight excluding hydrogens is 258 g/mol. The Bertz CT molecular complexity index is 613. The minimum atomic E-state index is -0.530. The van der Waals surface area contributed by atoms with Gasteiger partial charge in [-0.1, -0.05) is 24.3 Å². The fourth-order valence-electron chi connectivity index (χ4n) is 1.66. The van der Waals surface area contributed by atoms with E-state index in [-0.39, 0.29) is 0 Å². The van der Waals surface area contributed by atoms with Crippen molar-refractivity contribution >= 4 is 23.4 Å². The molecule has 4 nitrogen and oxygen atoms in total. The molecule has 2 aromatic rings. The molecule has 0 spiro atoms. The zero-order chi connectivity index (χ0) is 13.8. The second-order valence-electron chi connectivity index (χ2n) is 4.19. The number of carbonyl (C=O) groups is 1. The van der Waals surface area contributed by atoms with Gasteiger partial charge in [0.05, 0.1) is 22.5 Å². The Balaban J connectivity index is 2.14. The standard InChI is InChI=1S/C14H15N3OS/c1-9-4-2-3-5-10(9)8-19-13-6-11(14(16)18)12(15)7-17-13/h2-7H,8,15H2,1H3,(H2,16,18). The Morgan fingerprint density at radius 3 is 2.79 bits per heavy atom. The molecule has 2 rings (SSSR count). The number of aryl methyl sites for hydroxylation is 1. The van der Waals surface area contributed by atoms with E-state index in [0.29, 0.717) is 11.3 Å². The van der Waals surface area contributed by atoms with Crippen LogP contribution in [-0.2, 0) is 5.75 Å². The van der Waals surface area contributed by atoms with Gasteiger partial charge in [0, 0.05) is 5.75 Å². The Hall–Kier alpha value is -2.01. The number of hydrogen-bond acceptors (Lipinski definition) is 4. The van der Waals surface area contributed by atoms with Gasteiger partial charge in [-0.2, -0.15) is 0 Å². The van der Waals surface area contributed by atoms with Crippen LogP contribution in [0.25, 0.3) is 0 Å². The Morgan fingerprint density at radius 2 is 2.11 bits per heavy atom. The first-order chi connectivity index (χ1) is 9.08. The molecule has 0 fully saturated rings. The molecule has 0 aliphatic rings. The third kappa shape index (κ3) is 3.26. The quantitative estimate of drug-likeness (QED) is 0.838. The van der Waals surface area contributed by atoms with E-state index >= 15 is 0 Å². The van der Waals surface area contributed by atoms with Crippen molar-refractivity contribution in [3.8, 4) is 0 Å². The number of carbonyl (C=O) groups excluding carboxylic acids is 1. The molecule has 1 aromatic heterocycles. The predicted molar refractivity (Wildman–Crippen MR) is 77.9 cm³/mol. The largest absolute Gasteiger partial charge is 0.397 e. The number of primary amides is 1. The highest BCUT2D eigenvalue weighted by Gasteiger charge is 2.08. The summed E-state index contributed by atoms with van der Waals surface area (Å²) < 4.78 is 0. The summed E-state index contributed by atoms with van der Waals surface area (Å²) in [6.07, 6.45) is 1.47. The van der Waals surface area contributed by atoms with Gasteiger partial charge in [0.2, 0.25) is 0 Å². The van der Waals surface area contributed by atoms with E-state index in [1.54, 1.807) is 17.8 Å². The minimum absolute atomic E-state index is 0.313. The van der Waals surface area contributed by atoms with Crippen molar-refractivity contribution in [2.24, 2.45) is 5.73 Å². The lowest BCUT2D eigenvalue weighted by Crippen LogP contribution is -2.13. The molecule has 19 heavy (non-hydrogen) atoms. The Morgan fingerprint density at radius 1 is 1.37 bits per heavy atom. The highest BCUT2D eigenvalue weighted by atomic mass is 32.2. The number of nitrogens with two attached hydrogens (primary N) is 2. The highest BCUT2D eigenvalue weighted by Crippen LogP contribution is 2.24. The summed E-state index contributed by atoms with van der Waals surface area (Å²) in [5.74, 6) is 0.263. The number of thioether (sulfide) groups is 1. The number of pyridine rings is 1. The zero-order valence-corrected chi connectivity index (χ0v) is 11.4. The molecule has 0 aliphatic heterocycles. The van der Waals surface area contributed by atoms with E-state index in [1.807, 2.05) is 12.1 Å². The van der Waals surface area contributed by atoms with Gasteiger partial charge in [0.15, 0.2) is 0 Å². The maximum atomic E-state index is 11.2. The second-order valence-corrected chi connectivity index (χ2v) is 5.18. The van der Waals surface area contributed by atoms with Crippen molar-refractivity contribution in [3.05, 3.63) is 53.2 Å². The molecule has 0 atom stereocenters. The average molecular weight is 273 g/mol. The van der Waals surface area contributed by atoms with E-state index < -0.39 is 5.91 Å². The van der Waals surface area contributed by atoms with Gasteiger partial charge < -0.3 is 11.5 Å². The molecule has 0 saturated heterocycles. The summed E-state index contributed by atoms with van der Waals surface area (Å²) in [6, 6.07) is 9.81. The lowest BCUT2D eigenvalue weighted by molar-refractivity contribution is 0.100. The van der Waals surface area contributed by atoms with Crippen LogP contribution in [-0.4, -0.2) is 10.9 Å². The van der Waals surface area contributed by atoms with Crippen LogP contribution in [0.15, 0.2) is 41.6 Å². The lowest BCUT2D eigenvalue weighted by atomic mass is 10.1. The molecule has 1 heterocycles. The van der Waals surface area contributed by atoms with Crippen molar-refractivity contribution in [2.45, 2.75) is 17.7 Å². The Labute approximate surface area is 116 Å². The number of benzene rings is 1. The van der Waals surface area contributed by atoms with Crippen molar-refractivity contribution in [1.29, 1.82) is 0 Å². The molecule has 0 bridgehead atoms. The van der Waals surface area contributed by atoms with Crippen molar-refractivity contribution in [3.63, 3.8) is 0 Å². The van der Waals surface area contributed by atoms with Crippen molar-refractivity contribution in [2.75, 3.05) is 5.73 Å². The summed E-state index contributed by atoms with van der Waals surface area (Å²) >= 11 is 1.55. The monoisotopic (exact) mass is 273 g/mol. The van der Waals surface area contributed by atoms with Gasteiger partial charge in [-0.05, 0) is 24.1 Å². The van der Waals surface area contributed by atoms with Gasteiger partial charge in [0.1, 0.15) is 0 Å². The van der Waals surface area contributed by atoms with Crippen LogP contribution >= 0.6 is 11.8 Å². The molecule has 0 saturated carbocycles. The van der Waals surface area contributed by atoms with Gasteiger partial charge in [0.25, 0.3) is 5.91 Å². The van der Waals surface area contributed by atoms with Crippen molar-refractivity contribution < 1.29 is 4.79 Å². The maximum absolute atomic E-state index is 11.2. The maximum Gasteiger partial charge on any atom is 0.250 e. The minimum Gasteiger partial charge on any atom is -0.397 e. The molecule has 5 heteroatoms. The molecule has 0 unspecified atom stereocenters. The summed E-state index contributed by atoms with van der Waals surface area (Å²) in [7, 11) is 0. The van der Waals surface area contributed by atoms with Gasteiger partial charge >= 0.3 is 0 Å². The van der Waals surface area contributed by atoms with Crippen LogP contribution in [0.4, 0.5) is 5.69 Å². The Kier molecular flexibility index (Phi) is 4.06. The lowest BCUT2D eigenvalue weighted by Gasteiger charge is -2.07. The summed E-state index contributed by atoms with van der Waals surface area (Å²) in [6.45, 7) is 2.07. The van der Waals surface area contributed by atoms with Gasteiger partial charge in [-0.3, -0.25) is 4.79 Å².